The van der Waals surface area contributed by atoms with Crippen molar-refractivity contribution in [1.82, 2.24) is 0 Å². The van der Waals surface area contributed by atoms with E-state index in [1.807, 2.05) is 36.4 Å². The van der Waals surface area contributed by atoms with E-state index in [2.05, 4.69) is 49.6 Å². The Bertz CT molecular complexity index is 876. The lowest BCUT2D eigenvalue weighted by atomic mass is 10.1. The molecule has 0 aliphatic heterocycles. The van der Waals surface area contributed by atoms with Crippen LogP contribution in [0.2, 0.25) is 0 Å². The molecule has 3 heteroatoms. The molecule has 122 valence electrons. The summed E-state index contributed by atoms with van der Waals surface area (Å²) in [5.74, 6) is -0.0512. The smallest absolute Gasteiger partial charge is 0.243 e. The van der Waals surface area contributed by atoms with E-state index in [9.17, 15) is 4.79 Å². The van der Waals surface area contributed by atoms with Crippen LogP contribution < -0.4 is 10.6 Å². The molecule has 0 radical (unpaired) electrons. The monoisotopic (exact) mass is 318 g/mol. The normalized spacial score (nSPS) is 10.6. The summed E-state index contributed by atoms with van der Waals surface area (Å²) >= 11 is 0. The van der Waals surface area contributed by atoms with Gasteiger partial charge < -0.3 is 10.6 Å². The molecular formula is C21H22N2O. The predicted octanol–water partition coefficient (Wildman–Crippen LogP) is 4.82. The van der Waals surface area contributed by atoms with E-state index in [1.54, 1.807) is 0 Å². The van der Waals surface area contributed by atoms with Crippen molar-refractivity contribution in [3.8, 4) is 0 Å². The zero-order valence-electron chi connectivity index (χ0n) is 14.3. The fourth-order valence-corrected chi connectivity index (χ4v) is 3.10. The van der Waals surface area contributed by atoms with Crippen molar-refractivity contribution in [2.75, 3.05) is 17.2 Å². The fourth-order valence-electron chi connectivity index (χ4n) is 3.10. The highest BCUT2D eigenvalue weighted by atomic mass is 16.1. The number of hydrogen-bond donors (Lipinski definition) is 2. The minimum absolute atomic E-state index is 0.0512. The van der Waals surface area contributed by atoms with E-state index in [-0.39, 0.29) is 12.5 Å². The molecular weight excluding hydrogens is 296 g/mol. The molecule has 0 atom stereocenters. The van der Waals surface area contributed by atoms with Crippen LogP contribution >= 0.6 is 0 Å². The molecule has 1 amide bonds. The Balaban J connectivity index is 1.67. The number of amides is 1. The molecule has 0 aliphatic carbocycles. The molecule has 0 spiro atoms. The van der Waals surface area contributed by atoms with Crippen LogP contribution in [0.1, 0.15) is 16.7 Å². The summed E-state index contributed by atoms with van der Waals surface area (Å²) in [5, 5.41) is 8.49. The van der Waals surface area contributed by atoms with Gasteiger partial charge in [-0.2, -0.15) is 0 Å². The van der Waals surface area contributed by atoms with Gasteiger partial charge in [0.2, 0.25) is 5.91 Å². The van der Waals surface area contributed by atoms with Crippen molar-refractivity contribution in [2.24, 2.45) is 0 Å². The summed E-state index contributed by atoms with van der Waals surface area (Å²) in [4.78, 5) is 12.2. The molecule has 3 nitrogen and oxygen atoms in total. The lowest BCUT2D eigenvalue weighted by molar-refractivity contribution is -0.114. The number of anilines is 2. The molecule has 0 saturated heterocycles. The number of benzene rings is 3. The fraction of sp³-hybridized carbons (Fsp3) is 0.190. The summed E-state index contributed by atoms with van der Waals surface area (Å²) in [7, 11) is 0. The zero-order valence-corrected chi connectivity index (χ0v) is 14.3. The standard InChI is InChI=1S/C21H22N2O/c1-14-10-15(2)21(16(3)11-14)22-13-20(24)23-19-9-8-17-6-4-5-7-18(17)12-19/h4-12,22H,13H2,1-3H3,(H,23,24). The average molecular weight is 318 g/mol. The van der Waals surface area contributed by atoms with E-state index < -0.39 is 0 Å². The number of hydrogen-bond acceptors (Lipinski definition) is 2. The van der Waals surface area contributed by atoms with Crippen LogP contribution in [0.15, 0.2) is 54.6 Å². The van der Waals surface area contributed by atoms with Crippen molar-refractivity contribution in [3.05, 3.63) is 71.3 Å². The van der Waals surface area contributed by atoms with Gasteiger partial charge in [-0.15, -0.1) is 0 Å². The average Bonchev–Trinajstić information content (AvgIpc) is 2.53. The molecule has 3 aromatic carbocycles. The third-order valence-corrected chi connectivity index (χ3v) is 4.14. The van der Waals surface area contributed by atoms with Crippen LogP contribution in [0, 0.1) is 20.8 Å². The molecule has 3 rings (SSSR count). The van der Waals surface area contributed by atoms with E-state index >= 15 is 0 Å². The van der Waals surface area contributed by atoms with Crippen LogP contribution in [0.3, 0.4) is 0 Å². The van der Waals surface area contributed by atoms with Crippen LogP contribution in [0.25, 0.3) is 10.8 Å². The second kappa shape index (κ2) is 6.75. The van der Waals surface area contributed by atoms with Gasteiger partial charge in [-0.1, -0.05) is 48.0 Å². The number of aryl methyl sites for hydroxylation is 3. The maximum absolute atomic E-state index is 12.2. The van der Waals surface area contributed by atoms with E-state index in [0.717, 1.165) is 27.9 Å². The number of carbonyl (C=O) groups excluding carboxylic acids is 1. The zero-order chi connectivity index (χ0) is 17.1. The van der Waals surface area contributed by atoms with Crippen LogP contribution in [-0.4, -0.2) is 12.5 Å². The summed E-state index contributed by atoms with van der Waals surface area (Å²) in [5.41, 5.74) is 5.40. The van der Waals surface area contributed by atoms with Crippen molar-refractivity contribution in [3.63, 3.8) is 0 Å². The van der Waals surface area contributed by atoms with E-state index in [4.69, 9.17) is 0 Å². The Labute approximate surface area is 142 Å². The molecule has 0 heterocycles. The quantitative estimate of drug-likeness (QED) is 0.724. The second-order valence-electron chi connectivity index (χ2n) is 6.24. The van der Waals surface area contributed by atoms with E-state index in [1.165, 1.54) is 10.9 Å². The Hall–Kier alpha value is -2.81. The summed E-state index contributed by atoms with van der Waals surface area (Å²) in [6, 6.07) is 18.3. The molecule has 0 bridgehead atoms. The van der Waals surface area contributed by atoms with Gasteiger partial charge in [-0.25, -0.2) is 0 Å². The molecule has 2 N–H and O–H groups in total. The highest BCUT2D eigenvalue weighted by Crippen LogP contribution is 2.22. The summed E-state index contributed by atoms with van der Waals surface area (Å²) in [6.45, 7) is 6.45. The Kier molecular flexibility index (Phi) is 4.52. The van der Waals surface area contributed by atoms with Gasteiger partial charge in [0.1, 0.15) is 0 Å². The Morgan fingerprint density at radius 2 is 1.54 bits per heavy atom. The van der Waals surface area contributed by atoms with Crippen molar-refractivity contribution < 1.29 is 4.79 Å². The van der Waals surface area contributed by atoms with Crippen LogP contribution in [0.4, 0.5) is 11.4 Å². The van der Waals surface area contributed by atoms with Gasteiger partial charge >= 0.3 is 0 Å². The van der Waals surface area contributed by atoms with Gasteiger partial charge in [0, 0.05) is 11.4 Å². The van der Waals surface area contributed by atoms with Gasteiger partial charge in [0.05, 0.1) is 6.54 Å². The van der Waals surface area contributed by atoms with E-state index in [0.29, 0.717) is 0 Å². The first-order chi connectivity index (χ1) is 11.5. The second-order valence-corrected chi connectivity index (χ2v) is 6.24. The first-order valence-corrected chi connectivity index (χ1v) is 8.13. The van der Waals surface area contributed by atoms with Crippen molar-refractivity contribution in [2.45, 2.75) is 20.8 Å². The van der Waals surface area contributed by atoms with Crippen molar-refractivity contribution >= 4 is 28.1 Å². The third-order valence-electron chi connectivity index (χ3n) is 4.14. The Morgan fingerprint density at radius 1 is 0.875 bits per heavy atom. The van der Waals surface area contributed by atoms with Gasteiger partial charge in [0.15, 0.2) is 0 Å². The minimum Gasteiger partial charge on any atom is -0.376 e. The van der Waals surface area contributed by atoms with Gasteiger partial charge in [-0.05, 0) is 54.8 Å². The molecule has 24 heavy (non-hydrogen) atoms. The minimum atomic E-state index is -0.0512. The molecule has 0 aliphatic rings. The third kappa shape index (κ3) is 3.57. The lowest BCUT2D eigenvalue weighted by Gasteiger charge is -2.14. The van der Waals surface area contributed by atoms with Crippen LogP contribution in [-0.2, 0) is 4.79 Å². The maximum Gasteiger partial charge on any atom is 0.243 e. The number of rotatable bonds is 4. The molecule has 0 saturated carbocycles. The highest BCUT2D eigenvalue weighted by molar-refractivity contribution is 5.96. The summed E-state index contributed by atoms with van der Waals surface area (Å²) in [6.07, 6.45) is 0. The van der Waals surface area contributed by atoms with Crippen LogP contribution in [0.5, 0.6) is 0 Å². The molecule has 0 aromatic heterocycles. The maximum atomic E-state index is 12.2. The number of fused-ring (bicyclic) bond motifs is 1. The lowest BCUT2D eigenvalue weighted by Crippen LogP contribution is -2.22. The number of nitrogens with one attached hydrogen (secondary N) is 2. The topological polar surface area (TPSA) is 41.1 Å². The van der Waals surface area contributed by atoms with Gasteiger partial charge in [0.25, 0.3) is 0 Å². The largest absolute Gasteiger partial charge is 0.376 e. The first kappa shape index (κ1) is 16.1. The molecule has 0 fully saturated rings. The SMILES string of the molecule is Cc1cc(C)c(NCC(=O)Nc2ccc3ccccc3c2)c(C)c1. The first-order valence-electron chi connectivity index (χ1n) is 8.13. The van der Waals surface area contributed by atoms with Crippen molar-refractivity contribution in [1.29, 1.82) is 0 Å². The predicted molar refractivity (Wildman–Crippen MR) is 102 cm³/mol. The molecule has 3 aromatic rings. The Morgan fingerprint density at radius 3 is 2.25 bits per heavy atom. The highest BCUT2D eigenvalue weighted by Gasteiger charge is 2.07. The number of carbonyl (C=O) groups is 1. The summed E-state index contributed by atoms with van der Waals surface area (Å²) < 4.78 is 0. The van der Waals surface area contributed by atoms with Gasteiger partial charge in [-0.3, -0.25) is 4.79 Å². The molecule has 0 unspecified atom stereocenters.